The van der Waals surface area contributed by atoms with Crippen LogP contribution in [0.15, 0.2) is 36.0 Å². The molecule has 0 aromatic rings. The molecule has 0 unspecified atom stereocenters. The zero-order chi connectivity index (χ0) is 7.98. The smallest absolute Gasteiger partial charge is 0.0136 e. The van der Waals surface area contributed by atoms with Crippen molar-refractivity contribution in [2.24, 2.45) is 0 Å². The first-order valence-electron chi connectivity index (χ1n) is 3.59. The van der Waals surface area contributed by atoms with Gasteiger partial charge in [0.2, 0.25) is 0 Å². The zero-order valence-corrected chi connectivity index (χ0v) is 7.15. The van der Waals surface area contributed by atoms with E-state index in [1.54, 1.807) is 6.08 Å². The number of allylic oxidation sites excluding steroid dienone is 5. The van der Waals surface area contributed by atoms with Crippen molar-refractivity contribution in [3.05, 3.63) is 36.0 Å². The van der Waals surface area contributed by atoms with Crippen LogP contribution < -0.4 is 0 Å². The van der Waals surface area contributed by atoms with E-state index in [4.69, 9.17) is 0 Å². The van der Waals surface area contributed by atoms with E-state index in [1.807, 2.05) is 6.08 Å². The second kappa shape index (κ2) is 5.04. The summed E-state index contributed by atoms with van der Waals surface area (Å²) in [7, 11) is 0. The Morgan fingerprint density at radius 3 is 2.30 bits per heavy atom. The van der Waals surface area contributed by atoms with Gasteiger partial charge < -0.3 is 0 Å². The Hall–Kier alpha value is -0.780. The van der Waals surface area contributed by atoms with Crippen LogP contribution in [0.4, 0.5) is 0 Å². The number of rotatable bonds is 3. The van der Waals surface area contributed by atoms with Crippen LogP contribution in [0.2, 0.25) is 0 Å². The maximum atomic E-state index is 3.60. The van der Waals surface area contributed by atoms with Crippen molar-refractivity contribution in [3.63, 3.8) is 0 Å². The summed E-state index contributed by atoms with van der Waals surface area (Å²) < 4.78 is 0. The SMILES string of the molecule is C=C/C=C/CC(C)=C(C)C. The van der Waals surface area contributed by atoms with Crippen molar-refractivity contribution in [1.82, 2.24) is 0 Å². The highest BCUT2D eigenvalue weighted by Crippen LogP contribution is 2.06. The lowest BCUT2D eigenvalue weighted by Gasteiger charge is -1.96. The molecule has 0 aromatic heterocycles. The summed E-state index contributed by atoms with van der Waals surface area (Å²) in [6, 6.07) is 0. The van der Waals surface area contributed by atoms with Crippen LogP contribution in [-0.4, -0.2) is 0 Å². The van der Waals surface area contributed by atoms with Gasteiger partial charge in [0.1, 0.15) is 0 Å². The fourth-order valence-corrected chi connectivity index (χ4v) is 0.545. The number of hydrogen-bond donors (Lipinski definition) is 0. The first kappa shape index (κ1) is 9.22. The van der Waals surface area contributed by atoms with Crippen LogP contribution in [0.3, 0.4) is 0 Å². The summed E-state index contributed by atoms with van der Waals surface area (Å²) in [5, 5.41) is 0. The molecule has 0 N–H and O–H groups in total. The minimum atomic E-state index is 1.05. The van der Waals surface area contributed by atoms with Crippen molar-refractivity contribution in [2.75, 3.05) is 0 Å². The van der Waals surface area contributed by atoms with Crippen molar-refractivity contribution in [3.8, 4) is 0 Å². The van der Waals surface area contributed by atoms with Crippen molar-refractivity contribution >= 4 is 0 Å². The summed E-state index contributed by atoms with van der Waals surface area (Å²) in [4.78, 5) is 0. The van der Waals surface area contributed by atoms with E-state index in [0.29, 0.717) is 0 Å². The van der Waals surface area contributed by atoms with Gasteiger partial charge in [-0.15, -0.1) is 0 Å². The molecule has 0 fully saturated rings. The Morgan fingerprint density at radius 1 is 1.30 bits per heavy atom. The van der Waals surface area contributed by atoms with E-state index in [9.17, 15) is 0 Å². The second-order valence-electron chi connectivity index (χ2n) is 2.65. The first-order valence-corrected chi connectivity index (χ1v) is 3.59. The van der Waals surface area contributed by atoms with Gasteiger partial charge in [-0.25, -0.2) is 0 Å². The molecule has 0 rings (SSSR count). The average Bonchev–Trinajstić information content (AvgIpc) is 1.88. The molecule has 0 aliphatic rings. The summed E-state index contributed by atoms with van der Waals surface area (Å²) in [5.74, 6) is 0. The maximum Gasteiger partial charge on any atom is -0.0136 e. The lowest BCUT2D eigenvalue weighted by atomic mass is 10.1. The monoisotopic (exact) mass is 136 g/mol. The van der Waals surface area contributed by atoms with Gasteiger partial charge in [0.25, 0.3) is 0 Å². The molecule has 0 heterocycles. The molecule has 0 aliphatic heterocycles. The molecule has 0 saturated carbocycles. The summed E-state index contributed by atoms with van der Waals surface area (Å²) in [6.07, 6.45) is 6.95. The Morgan fingerprint density at radius 2 is 1.90 bits per heavy atom. The summed E-state index contributed by atoms with van der Waals surface area (Å²) in [6.45, 7) is 10.0. The van der Waals surface area contributed by atoms with Gasteiger partial charge in [-0.05, 0) is 27.2 Å². The molecule has 10 heavy (non-hydrogen) atoms. The normalized spacial score (nSPS) is 9.90. The predicted octanol–water partition coefficient (Wildman–Crippen LogP) is 3.48. The molecule has 0 amide bonds. The second-order valence-corrected chi connectivity index (χ2v) is 2.65. The van der Waals surface area contributed by atoms with Crippen LogP contribution in [-0.2, 0) is 0 Å². The van der Waals surface area contributed by atoms with Crippen molar-refractivity contribution in [1.29, 1.82) is 0 Å². The fraction of sp³-hybridized carbons (Fsp3) is 0.400. The third kappa shape index (κ3) is 4.13. The van der Waals surface area contributed by atoms with Crippen LogP contribution in [0.5, 0.6) is 0 Å². The van der Waals surface area contributed by atoms with Crippen molar-refractivity contribution < 1.29 is 0 Å². The predicted molar refractivity (Wildman–Crippen MR) is 48.0 cm³/mol. The molecular formula is C10H16. The van der Waals surface area contributed by atoms with Gasteiger partial charge in [0.05, 0.1) is 0 Å². The van der Waals surface area contributed by atoms with Gasteiger partial charge in [-0.3, -0.25) is 0 Å². The van der Waals surface area contributed by atoms with E-state index >= 15 is 0 Å². The quantitative estimate of drug-likeness (QED) is 0.411. The lowest BCUT2D eigenvalue weighted by molar-refractivity contribution is 1.13. The minimum absolute atomic E-state index is 1.05. The molecule has 0 atom stereocenters. The number of hydrogen-bond acceptors (Lipinski definition) is 0. The van der Waals surface area contributed by atoms with Gasteiger partial charge in [-0.2, -0.15) is 0 Å². The van der Waals surface area contributed by atoms with Crippen LogP contribution in [0.1, 0.15) is 27.2 Å². The molecule has 0 heteroatoms. The zero-order valence-electron chi connectivity index (χ0n) is 7.15. The molecule has 0 nitrogen and oxygen atoms in total. The molecule has 56 valence electrons. The first-order chi connectivity index (χ1) is 4.68. The maximum absolute atomic E-state index is 3.60. The largest absolute Gasteiger partial charge is 0.0991 e. The molecular weight excluding hydrogens is 120 g/mol. The highest BCUT2D eigenvalue weighted by atomic mass is 13.9. The van der Waals surface area contributed by atoms with E-state index in [1.165, 1.54) is 11.1 Å². The van der Waals surface area contributed by atoms with Crippen LogP contribution >= 0.6 is 0 Å². The minimum Gasteiger partial charge on any atom is -0.0991 e. The average molecular weight is 136 g/mol. The standard InChI is InChI=1S/C10H16/c1-5-6-7-8-10(4)9(2)3/h5-7H,1,8H2,2-4H3/b7-6+. The van der Waals surface area contributed by atoms with Gasteiger partial charge >= 0.3 is 0 Å². The molecule has 0 aliphatic carbocycles. The van der Waals surface area contributed by atoms with Gasteiger partial charge in [0.15, 0.2) is 0 Å². The summed E-state index contributed by atoms with van der Waals surface area (Å²) in [5.41, 5.74) is 2.85. The topological polar surface area (TPSA) is 0 Å². The van der Waals surface area contributed by atoms with Gasteiger partial charge in [-0.1, -0.05) is 36.0 Å². The Kier molecular flexibility index (Phi) is 4.65. The van der Waals surface area contributed by atoms with E-state index in [0.717, 1.165) is 6.42 Å². The van der Waals surface area contributed by atoms with E-state index in [2.05, 4.69) is 33.4 Å². The van der Waals surface area contributed by atoms with Crippen LogP contribution in [0.25, 0.3) is 0 Å². The van der Waals surface area contributed by atoms with Gasteiger partial charge in [0, 0.05) is 0 Å². The van der Waals surface area contributed by atoms with Crippen LogP contribution in [0, 0.1) is 0 Å². The molecule has 0 spiro atoms. The third-order valence-electron chi connectivity index (χ3n) is 1.55. The van der Waals surface area contributed by atoms with E-state index < -0.39 is 0 Å². The molecule has 0 radical (unpaired) electrons. The Labute approximate surface area is 64.0 Å². The molecule has 0 aromatic carbocycles. The van der Waals surface area contributed by atoms with E-state index in [-0.39, 0.29) is 0 Å². The highest BCUT2D eigenvalue weighted by Gasteiger charge is 1.86. The highest BCUT2D eigenvalue weighted by molar-refractivity contribution is 5.12. The van der Waals surface area contributed by atoms with Crippen molar-refractivity contribution in [2.45, 2.75) is 27.2 Å². The lowest BCUT2D eigenvalue weighted by Crippen LogP contribution is -1.76. The Bertz CT molecular complexity index is 155. The molecule has 0 saturated heterocycles. The Balaban J connectivity index is 3.81. The fourth-order valence-electron chi connectivity index (χ4n) is 0.545. The molecule has 0 bridgehead atoms. The summed E-state index contributed by atoms with van der Waals surface area (Å²) >= 11 is 0. The third-order valence-corrected chi connectivity index (χ3v) is 1.55.